The van der Waals surface area contributed by atoms with Crippen LogP contribution in [0.1, 0.15) is 25.7 Å². The maximum atomic E-state index is 8.17. The van der Waals surface area contributed by atoms with Gasteiger partial charge in [-0.05, 0) is 24.4 Å². The number of morpholine rings is 1. The summed E-state index contributed by atoms with van der Waals surface area (Å²) < 4.78 is 11.1. The van der Waals surface area contributed by atoms with Crippen LogP contribution >= 0.6 is 0 Å². The molecule has 1 saturated heterocycles. The Morgan fingerprint density at radius 2 is 2.05 bits per heavy atom. The van der Waals surface area contributed by atoms with E-state index in [2.05, 4.69) is 19.9 Å². The van der Waals surface area contributed by atoms with Crippen LogP contribution in [0.5, 0.6) is 5.88 Å². The fourth-order valence-electron chi connectivity index (χ4n) is 2.31. The highest BCUT2D eigenvalue weighted by atomic mass is 16.5. The minimum Gasteiger partial charge on any atom is -0.478 e. The lowest BCUT2D eigenvalue weighted by Crippen LogP contribution is -2.36. The molecule has 7 heteroatoms. The summed E-state index contributed by atoms with van der Waals surface area (Å²) in [5.74, 6) is 1.63. The van der Waals surface area contributed by atoms with Crippen LogP contribution in [0, 0.1) is 0 Å². The van der Waals surface area contributed by atoms with Crippen molar-refractivity contribution >= 4 is 5.82 Å². The summed E-state index contributed by atoms with van der Waals surface area (Å²) in [4.78, 5) is 9.50. The van der Waals surface area contributed by atoms with Gasteiger partial charge in [0.15, 0.2) is 0 Å². The van der Waals surface area contributed by atoms with Crippen LogP contribution < -0.4 is 9.64 Å². The third kappa shape index (κ3) is 5.79. The van der Waals surface area contributed by atoms with Crippen molar-refractivity contribution in [2.24, 2.45) is 5.11 Å². The predicted molar refractivity (Wildman–Crippen MR) is 85.2 cm³/mol. The molecule has 1 aliphatic rings. The lowest BCUT2D eigenvalue weighted by molar-refractivity contribution is 0.122. The van der Waals surface area contributed by atoms with Gasteiger partial charge in [-0.2, -0.15) is 4.98 Å². The van der Waals surface area contributed by atoms with Crippen molar-refractivity contribution in [2.45, 2.75) is 25.7 Å². The highest BCUT2D eigenvalue weighted by Crippen LogP contribution is 2.17. The fraction of sp³-hybridized carbons (Fsp3) is 0.667. The van der Waals surface area contributed by atoms with Crippen LogP contribution in [0.3, 0.4) is 0 Å². The Hall–Kier alpha value is -1.98. The summed E-state index contributed by atoms with van der Waals surface area (Å²) >= 11 is 0. The van der Waals surface area contributed by atoms with Gasteiger partial charge in [-0.1, -0.05) is 24.0 Å². The minimum atomic E-state index is 0.584. The molecule has 0 spiro atoms. The number of azide groups is 1. The number of hydrogen-bond donors (Lipinski definition) is 0. The zero-order chi connectivity index (χ0) is 15.5. The number of rotatable bonds is 9. The number of anilines is 1. The second kappa shape index (κ2) is 9.87. The number of ether oxygens (including phenoxy) is 2. The van der Waals surface area contributed by atoms with Gasteiger partial charge in [0.25, 0.3) is 0 Å². The zero-order valence-electron chi connectivity index (χ0n) is 12.9. The molecule has 0 aromatic carbocycles. The minimum absolute atomic E-state index is 0.584. The van der Waals surface area contributed by atoms with E-state index in [4.69, 9.17) is 15.0 Å². The second-order valence-electron chi connectivity index (χ2n) is 5.15. The Bertz CT molecular complexity index is 485. The molecule has 2 heterocycles. The van der Waals surface area contributed by atoms with Crippen molar-refractivity contribution in [1.29, 1.82) is 0 Å². The van der Waals surface area contributed by atoms with E-state index in [9.17, 15) is 0 Å². The quantitative estimate of drug-likeness (QED) is 0.303. The van der Waals surface area contributed by atoms with Crippen molar-refractivity contribution < 1.29 is 9.47 Å². The van der Waals surface area contributed by atoms with Gasteiger partial charge >= 0.3 is 0 Å². The molecule has 1 aliphatic heterocycles. The van der Waals surface area contributed by atoms with Crippen molar-refractivity contribution in [3.8, 4) is 5.88 Å². The van der Waals surface area contributed by atoms with Gasteiger partial charge in [0.2, 0.25) is 5.88 Å². The number of pyridine rings is 1. The topological polar surface area (TPSA) is 83.4 Å². The number of aromatic nitrogens is 1. The molecule has 0 aliphatic carbocycles. The molecule has 7 nitrogen and oxygen atoms in total. The molecule has 120 valence electrons. The summed E-state index contributed by atoms with van der Waals surface area (Å²) in [6.07, 6.45) is 4.06. The third-order valence-electron chi connectivity index (χ3n) is 3.51. The van der Waals surface area contributed by atoms with Crippen LogP contribution in [-0.2, 0) is 4.74 Å². The average molecular weight is 305 g/mol. The number of unbranched alkanes of at least 4 members (excludes halogenated alkanes) is 3. The first-order valence-electron chi connectivity index (χ1n) is 7.83. The van der Waals surface area contributed by atoms with Gasteiger partial charge < -0.3 is 14.4 Å². The Morgan fingerprint density at radius 3 is 2.86 bits per heavy atom. The average Bonchev–Trinajstić information content (AvgIpc) is 2.58. The summed E-state index contributed by atoms with van der Waals surface area (Å²) in [6.45, 7) is 4.51. The van der Waals surface area contributed by atoms with E-state index in [0.29, 0.717) is 19.0 Å². The van der Waals surface area contributed by atoms with E-state index in [1.54, 1.807) is 0 Å². The van der Waals surface area contributed by atoms with Crippen LogP contribution in [0.15, 0.2) is 23.3 Å². The van der Waals surface area contributed by atoms with Crippen LogP contribution in [-0.4, -0.2) is 44.4 Å². The predicted octanol–water partition coefficient (Wildman–Crippen LogP) is 3.17. The van der Waals surface area contributed by atoms with E-state index in [1.807, 2.05) is 18.2 Å². The molecule has 1 fully saturated rings. The van der Waals surface area contributed by atoms with Crippen LogP contribution in [0.25, 0.3) is 10.4 Å². The maximum absolute atomic E-state index is 8.17. The first kappa shape index (κ1) is 16.4. The van der Waals surface area contributed by atoms with Crippen molar-refractivity contribution in [2.75, 3.05) is 44.4 Å². The molecule has 0 amide bonds. The lowest BCUT2D eigenvalue weighted by atomic mass is 10.2. The molecule has 0 bridgehead atoms. The van der Waals surface area contributed by atoms with Crippen molar-refractivity contribution in [3.63, 3.8) is 0 Å². The number of hydrogen-bond acceptors (Lipinski definition) is 5. The van der Waals surface area contributed by atoms with E-state index in [1.165, 1.54) is 0 Å². The maximum Gasteiger partial charge on any atom is 0.215 e. The van der Waals surface area contributed by atoms with Gasteiger partial charge in [0.1, 0.15) is 5.82 Å². The second-order valence-corrected chi connectivity index (χ2v) is 5.15. The first-order valence-corrected chi connectivity index (χ1v) is 7.83. The van der Waals surface area contributed by atoms with E-state index >= 15 is 0 Å². The van der Waals surface area contributed by atoms with Gasteiger partial charge in [0, 0.05) is 30.6 Å². The van der Waals surface area contributed by atoms with Crippen LogP contribution in [0.4, 0.5) is 5.82 Å². The molecule has 0 unspecified atom stereocenters. The molecule has 1 aromatic rings. The van der Waals surface area contributed by atoms with Gasteiger partial charge in [-0.15, -0.1) is 0 Å². The summed E-state index contributed by atoms with van der Waals surface area (Å²) in [7, 11) is 0. The summed E-state index contributed by atoms with van der Waals surface area (Å²) in [5.41, 5.74) is 8.17. The largest absolute Gasteiger partial charge is 0.478 e. The lowest BCUT2D eigenvalue weighted by Gasteiger charge is -2.27. The molecule has 0 N–H and O–H groups in total. The zero-order valence-corrected chi connectivity index (χ0v) is 12.9. The van der Waals surface area contributed by atoms with Crippen molar-refractivity contribution in [1.82, 2.24) is 4.98 Å². The monoisotopic (exact) mass is 305 g/mol. The van der Waals surface area contributed by atoms with E-state index in [-0.39, 0.29) is 0 Å². The van der Waals surface area contributed by atoms with E-state index in [0.717, 1.165) is 57.8 Å². The molecule has 0 atom stereocenters. The molecule has 22 heavy (non-hydrogen) atoms. The summed E-state index contributed by atoms with van der Waals surface area (Å²) in [5, 5.41) is 3.52. The van der Waals surface area contributed by atoms with Gasteiger partial charge in [-0.3, -0.25) is 0 Å². The highest BCUT2D eigenvalue weighted by molar-refractivity contribution is 5.40. The smallest absolute Gasteiger partial charge is 0.215 e. The first-order chi connectivity index (χ1) is 10.9. The molecule has 0 saturated carbocycles. The molecular weight excluding hydrogens is 282 g/mol. The Kier molecular flexibility index (Phi) is 7.35. The molecule has 2 rings (SSSR count). The van der Waals surface area contributed by atoms with Crippen molar-refractivity contribution in [3.05, 3.63) is 28.6 Å². The Morgan fingerprint density at radius 1 is 1.23 bits per heavy atom. The third-order valence-corrected chi connectivity index (χ3v) is 3.51. The van der Waals surface area contributed by atoms with Gasteiger partial charge in [0.05, 0.1) is 19.8 Å². The molecular formula is C15H23N5O2. The molecule has 1 aromatic heterocycles. The number of nitrogens with zero attached hydrogens (tertiary/aromatic N) is 5. The van der Waals surface area contributed by atoms with Crippen LogP contribution in [0.2, 0.25) is 0 Å². The summed E-state index contributed by atoms with van der Waals surface area (Å²) in [6, 6.07) is 5.88. The Labute approximate surface area is 130 Å². The SMILES string of the molecule is [N-]=[N+]=NCCCCCCOc1cccc(N2CCOCC2)n1. The standard InChI is InChI=1S/C15H23N5O2/c16-19-17-8-3-1-2-4-11-22-15-7-5-6-14(18-15)20-9-12-21-13-10-20/h5-7H,1-4,8-13H2. The van der Waals surface area contributed by atoms with Gasteiger partial charge in [-0.25, -0.2) is 0 Å². The highest BCUT2D eigenvalue weighted by Gasteiger charge is 2.12. The Balaban J connectivity index is 1.66. The normalized spacial score (nSPS) is 14.5. The fourth-order valence-corrected chi connectivity index (χ4v) is 2.31. The molecule has 0 radical (unpaired) electrons. The van der Waals surface area contributed by atoms with E-state index < -0.39 is 0 Å².